The molecule has 0 radical (unpaired) electrons. The van der Waals surface area contributed by atoms with Crippen LogP contribution in [0.1, 0.15) is 17.2 Å². The lowest BCUT2D eigenvalue weighted by molar-refractivity contribution is 0.313. The molecule has 1 atom stereocenters. The Bertz CT molecular complexity index is 754. The fourth-order valence-electron chi connectivity index (χ4n) is 2.83. The van der Waals surface area contributed by atoms with Crippen molar-refractivity contribution in [1.82, 2.24) is 14.1 Å². The predicted octanol–water partition coefficient (Wildman–Crippen LogP) is 0.667. The Labute approximate surface area is 124 Å². The van der Waals surface area contributed by atoms with E-state index in [1.54, 1.807) is 7.05 Å². The Morgan fingerprint density at radius 3 is 2.81 bits per heavy atom. The van der Waals surface area contributed by atoms with Gasteiger partial charge in [0.05, 0.1) is 12.2 Å². The van der Waals surface area contributed by atoms with Gasteiger partial charge in [-0.15, -0.1) is 0 Å². The Balaban J connectivity index is 2.03. The highest BCUT2D eigenvalue weighted by Gasteiger charge is 2.36. The van der Waals surface area contributed by atoms with Crippen LogP contribution < -0.4 is 5.73 Å². The maximum atomic E-state index is 12.8. The molecule has 0 amide bonds. The molecule has 1 aliphatic rings. The maximum absolute atomic E-state index is 12.8. The summed E-state index contributed by atoms with van der Waals surface area (Å²) >= 11 is 0. The lowest BCUT2D eigenvalue weighted by atomic mass is 9.94. The molecule has 3 rings (SSSR count). The third-order valence-corrected chi connectivity index (χ3v) is 5.74. The predicted molar refractivity (Wildman–Crippen MR) is 79.0 cm³/mol. The monoisotopic (exact) mass is 306 g/mol. The topological polar surface area (TPSA) is 81.2 Å². The fourth-order valence-corrected chi connectivity index (χ4v) is 4.43. The van der Waals surface area contributed by atoms with E-state index in [1.807, 2.05) is 24.3 Å². The molecule has 1 aliphatic heterocycles. The number of nitrogens with two attached hydrogens (primary N) is 1. The first kappa shape index (κ1) is 14.2. The average Bonchev–Trinajstić information content (AvgIpc) is 2.93. The fraction of sp³-hybridized carbons (Fsp3) is 0.357. The van der Waals surface area contributed by atoms with Crippen LogP contribution in [0.4, 0.5) is 0 Å². The quantitative estimate of drug-likeness (QED) is 0.903. The molecule has 1 aromatic heterocycles. The van der Waals surface area contributed by atoms with Crippen LogP contribution in [-0.2, 0) is 23.5 Å². The van der Waals surface area contributed by atoms with E-state index in [9.17, 15) is 8.42 Å². The van der Waals surface area contributed by atoms with Gasteiger partial charge in [0.2, 0.25) is 10.0 Å². The van der Waals surface area contributed by atoms with Crippen LogP contribution in [0.2, 0.25) is 0 Å². The van der Waals surface area contributed by atoms with Crippen molar-refractivity contribution in [2.75, 3.05) is 13.1 Å². The zero-order chi connectivity index (χ0) is 15.0. The van der Waals surface area contributed by atoms with Gasteiger partial charge in [0, 0.05) is 26.3 Å². The second kappa shape index (κ2) is 5.25. The summed E-state index contributed by atoms with van der Waals surface area (Å²) in [5.41, 5.74) is 8.03. The Kier molecular flexibility index (Phi) is 3.56. The van der Waals surface area contributed by atoms with Crippen LogP contribution in [0.15, 0.2) is 41.6 Å². The molecule has 7 heteroatoms. The van der Waals surface area contributed by atoms with Crippen molar-refractivity contribution in [1.29, 1.82) is 0 Å². The van der Waals surface area contributed by atoms with Gasteiger partial charge in [-0.25, -0.2) is 8.42 Å². The molecule has 0 spiro atoms. The van der Waals surface area contributed by atoms with Crippen molar-refractivity contribution in [3.05, 3.63) is 47.8 Å². The Morgan fingerprint density at radius 2 is 2.14 bits per heavy atom. The van der Waals surface area contributed by atoms with Gasteiger partial charge in [-0.1, -0.05) is 24.3 Å². The summed E-state index contributed by atoms with van der Waals surface area (Å²) in [6, 6.07) is 7.56. The molecular weight excluding hydrogens is 288 g/mol. The van der Waals surface area contributed by atoms with Crippen molar-refractivity contribution in [3.63, 3.8) is 0 Å². The minimum Gasteiger partial charge on any atom is -0.329 e. The van der Waals surface area contributed by atoms with E-state index >= 15 is 0 Å². The molecule has 1 aromatic carbocycles. The van der Waals surface area contributed by atoms with E-state index in [-0.39, 0.29) is 17.5 Å². The first-order chi connectivity index (χ1) is 10.0. The Hall–Kier alpha value is -1.70. The summed E-state index contributed by atoms with van der Waals surface area (Å²) in [6.07, 6.45) is 3.60. The number of aryl methyl sites for hydroxylation is 1. The van der Waals surface area contributed by atoms with Crippen LogP contribution >= 0.6 is 0 Å². The molecular formula is C14H18N4O2S. The van der Waals surface area contributed by atoms with Crippen LogP contribution in [0.25, 0.3) is 0 Å². The molecule has 0 saturated heterocycles. The van der Waals surface area contributed by atoms with Gasteiger partial charge >= 0.3 is 0 Å². The minimum absolute atomic E-state index is 0.211. The number of fused-ring (bicyclic) bond motifs is 1. The van der Waals surface area contributed by atoms with Crippen molar-refractivity contribution in [2.24, 2.45) is 12.8 Å². The van der Waals surface area contributed by atoms with Crippen LogP contribution in [0.3, 0.4) is 0 Å². The van der Waals surface area contributed by atoms with Gasteiger partial charge in [0.15, 0.2) is 0 Å². The van der Waals surface area contributed by atoms with Crippen LogP contribution in [0.5, 0.6) is 0 Å². The normalized spacial score (nSPS) is 19.4. The Morgan fingerprint density at radius 1 is 1.38 bits per heavy atom. The second-order valence-electron chi connectivity index (χ2n) is 5.17. The van der Waals surface area contributed by atoms with E-state index < -0.39 is 10.0 Å². The van der Waals surface area contributed by atoms with Crippen LogP contribution in [-0.4, -0.2) is 35.6 Å². The third-order valence-electron chi connectivity index (χ3n) is 3.87. The lowest BCUT2D eigenvalue weighted by Crippen LogP contribution is -2.42. The smallest absolute Gasteiger partial charge is 0.246 e. The third kappa shape index (κ3) is 2.37. The van der Waals surface area contributed by atoms with E-state index in [4.69, 9.17) is 5.73 Å². The maximum Gasteiger partial charge on any atom is 0.246 e. The summed E-state index contributed by atoms with van der Waals surface area (Å²) in [6.45, 7) is 0.701. The van der Waals surface area contributed by atoms with Gasteiger partial charge in [0.1, 0.15) is 4.90 Å². The number of aromatic nitrogens is 2. The number of nitrogens with zero attached hydrogens (tertiary/aromatic N) is 3. The summed E-state index contributed by atoms with van der Waals surface area (Å²) in [4.78, 5) is 0.211. The first-order valence-corrected chi connectivity index (χ1v) is 8.26. The van der Waals surface area contributed by atoms with Crippen LogP contribution in [0, 0.1) is 0 Å². The number of hydrogen-bond donors (Lipinski definition) is 1. The average molecular weight is 306 g/mol. The number of sulfonamides is 1. The molecule has 112 valence electrons. The standard InChI is InChI=1S/C14H18N4O2S/c1-17-10-12(9-16-17)21(19,20)18-7-6-11-4-2-3-5-13(11)14(18)8-15/h2-5,9-10,14H,6-8,15H2,1H3. The number of benzene rings is 1. The van der Waals surface area contributed by atoms with Gasteiger partial charge < -0.3 is 5.73 Å². The molecule has 0 fully saturated rings. The summed E-state index contributed by atoms with van der Waals surface area (Å²) < 4.78 is 28.6. The van der Waals surface area contributed by atoms with Crippen molar-refractivity contribution in [2.45, 2.75) is 17.4 Å². The number of rotatable bonds is 3. The summed E-state index contributed by atoms with van der Waals surface area (Å²) in [7, 11) is -1.88. The largest absolute Gasteiger partial charge is 0.329 e. The molecule has 2 heterocycles. The molecule has 0 bridgehead atoms. The molecule has 21 heavy (non-hydrogen) atoms. The molecule has 0 aliphatic carbocycles. The van der Waals surface area contributed by atoms with Gasteiger partial charge in [-0.3, -0.25) is 4.68 Å². The highest BCUT2D eigenvalue weighted by atomic mass is 32.2. The summed E-state index contributed by atoms with van der Waals surface area (Å²) in [5.74, 6) is 0. The zero-order valence-electron chi connectivity index (χ0n) is 11.8. The van der Waals surface area contributed by atoms with E-state index in [2.05, 4.69) is 5.10 Å². The van der Waals surface area contributed by atoms with Gasteiger partial charge in [0.25, 0.3) is 0 Å². The highest BCUT2D eigenvalue weighted by molar-refractivity contribution is 7.89. The van der Waals surface area contributed by atoms with Gasteiger partial charge in [-0.05, 0) is 17.5 Å². The molecule has 1 unspecified atom stereocenters. The minimum atomic E-state index is -3.58. The summed E-state index contributed by atoms with van der Waals surface area (Å²) in [5, 5.41) is 3.95. The van der Waals surface area contributed by atoms with E-state index in [1.165, 1.54) is 26.9 Å². The SMILES string of the molecule is Cn1cc(S(=O)(=O)N2CCc3ccccc3C2CN)cn1. The van der Waals surface area contributed by atoms with Crippen molar-refractivity contribution >= 4 is 10.0 Å². The van der Waals surface area contributed by atoms with Crippen molar-refractivity contribution < 1.29 is 8.42 Å². The number of hydrogen-bond acceptors (Lipinski definition) is 4. The molecule has 0 saturated carbocycles. The van der Waals surface area contributed by atoms with E-state index in [0.717, 1.165) is 5.56 Å². The van der Waals surface area contributed by atoms with Crippen molar-refractivity contribution in [3.8, 4) is 0 Å². The zero-order valence-corrected chi connectivity index (χ0v) is 12.6. The highest BCUT2D eigenvalue weighted by Crippen LogP contribution is 2.33. The lowest BCUT2D eigenvalue weighted by Gasteiger charge is -2.35. The van der Waals surface area contributed by atoms with Gasteiger partial charge in [-0.2, -0.15) is 9.40 Å². The molecule has 2 N–H and O–H groups in total. The molecule has 2 aromatic rings. The second-order valence-corrected chi connectivity index (χ2v) is 7.06. The molecule has 6 nitrogen and oxygen atoms in total. The first-order valence-electron chi connectivity index (χ1n) is 6.82. The van der Waals surface area contributed by atoms with E-state index in [0.29, 0.717) is 13.0 Å².